The molecule has 0 saturated heterocycles. The maximum atomic E-state index is 10.3. The van der Waals surface area contributed by atoms with Crippen LogP contribution in [0.3, 0.4) is 0 Å². The van der Waals surface area contributed by atoms with E-state index in [2.05, 4.69) is 44.2 Å². The van der Waals surface area contributed by atoms with Crippen molar-refractivity contribution < 1.29 is 36.4 Å². The van der Waals surface area contributed by atoms with Crippen molar-refractivity contribution in [1.82, 2.24) is 0 Å². The van der Waals surface area contributed by atoms with Crippen molar-refractivity contribution >= 4 is 0 Å². The number of aryl methyl sites for hydroxylation is 1. The molecule has 0 aromatic heterocycles. The van der Waals surface area contributed by atoms with Crippen molar-refractivity contribution in [3.63, 3.8) is 0 Å². The van der Waals surface area contributed by atoms with Crippen molar-refractivity contribution in [3.05, 3.63) is 55.3 Å². The van der Waals surface area contributed by atoms with Crippen molar-refractivity contribution in [1.29, 1.82) is 0 Å². The van der Waals surface area contributed by atoms with Gasteiger partial charge >= 0.3 is 33.9 Å². The third-order valence-electron chi connectivity index (χ3n) is 4.43. The summed E-state index contributed by atoms with van der Waals surface area (Å²) in [5.74, 6) is 1.11. The van der Waals surface area contributed by atoms with Gasteiger partial charge in [-0.25, -0.2) is 0 Å². The number of fused-ring (bicyclic) bond motifs is 3. The van der Waals surface area contributed by atoms with Crippen molar-refractivity contribution in [3.8, 4) is 0 Å². The molecule has 0 amide bonds. The third-order valence-corrected chi connectivity index (χ3v) is 4.43. The molecule has 0 heterocycles. The molecule has 0 unspecified atom stereocenters. The van der Waals surface area contributed by atoms with Gasteiger partial charge in [-0.1, -0.05) is 24.3 Å². The Balaban J connectivity index is 0. The Kier molecular flexibility index (Phi) is 12.1. The van der Waals surface area contributed by atoms with Crippen LogP contribution in [-0.2, 0) is 37.7 Å². The molecule has 0 radical (unpaired) electrons. The molecule has 0 bridgehead atoms. The molecule has 3 rings (SSSR count). The van der Waals surface area contributed by atoms with Gasteiger partial charge in [0, 0.05) is 17.4 Å². The first kappa shape index (κ1) is 23.2. The quantitative estimate of drug-likeness (QED) is 0.573. The number of aliphatic hydroxyl groups is 1. The van der Waals surface area contributed by atoms with E-state index in [0.717, 1.165) is 25.7 Å². The molecule has 1 N–H and O–H groups in total. The van der Waals surface area contributed by atoms with Gasteiger partial charge in [0.05, 0.1) is 5.60 Å². The molecule has 116 valence electrons. The van der Waals surface area contributed by atoms with E-state index in [4.69, 9.17) is 14.0 Å². The van der Waals surface area contributed by atoms with E-state index in [-0.39, 0.29) is 17.4 Å². The largest absolute Gasteiger partial charge is 0 e. The first-order valence-corrected chi connectivity index (χ1v) is 6.60. The van der Waals surface area contributed by atoms with Crippen LogP contribution in [0.4, 0.5) is 0 Å². The molecule has 0 aliphatic heterocycles. The number of benzene rings is 1. The summed E-state index contributed by atoms with van der Waals surface area (Å²) in [7, 11) is 0. The van der Waals surface area contributed by atoms with Crippen molar-refractivity contribution in [2.75, 3.05) is 0 Å². The monoisotopic (exact) mass is 338 g/mol. The second kappa shape index (κ2) is 11.5. The summed E-state index contributed by atoms with van der Waals surface area (Å²) in [6.07, 6.45) is 4.44. The zero-order valence-corrected chi connectivity index (χ0v) is 13.6. The predicted molar refractivity (Wildman–Crippen MR) is 72.6 cm³/mol. The molecule has 5 heteroatoms. The summed E-state index contributed by atoms with van der Waals surface area (Å²) >= 11 is 0. The molecule has 4 nitrogen and oxygen atoms in total. The Morgan fingerprint density at radius 2 is 1.59 bits per heavy atom. The molecule has 1 saturated carbocycles. The average Bonchev–Trinajstić information content (AvgIpc) is 2.89. The minimum Gasteiger partial charge on any atom is 0 e. The number of hydrogen-bond donors (Lipinski definition) is 1. The fourth-order valence-electron chi connectivity index (χ4n) is 3.59. The number of rotatable bonds is 0. The minimum absolute atomic E-state index is 0. The van der Waals surface area contributed by atoms with Crippen molar-refractivity contribution in [2.45, 2.75) is 44.1 Å². The van der Waals surface area contributed by atoms with E-state index >= 15 is 0 Å². The Bertz CT molecular complexity index is 491. The molecule has 2 aliphatic rings. The summed E-state index contributed by atoms with van der Waals surface area (Å²) in [5.41, 5.74) is 2.60. The van der Waals surface area contributed by atoms with Gasteiger partial charge in [-0.3, -0.25) is 0 Å². The van der Waals surface area contributed by atoms with Gasteiger partial charge in [-0.15, -0.1) is 0 Å². The van der Waals surface area contributed by atoms with Crippen LogP contribution in [0.1, 0.15) is 43.2 Å². The maximum Gasteiger partial charge on any atom is 0 e. The van der Waals surface area contributed by atoms with Gasteiger partial charge in [-0.2, -0.15) is 0 Å². The van der Waals surface area contributed by atoms with Crippen LogP contribution in [0.2, 0.25) is 0 Å². The van der Waals surface area contributed by atoms with Crippen molar-refractivity contribution in [2.24, 2.45) is 5.92 Å². The normalized spacial score (nSPS) is 26.5. The van der Waals surface area contributed by atoms with E-state index in [1.165, 1.54) is 11.1 Å². The van der Waals surface area contributed by atoms with E-state index < -0.39 is 5.60 Å². The molecule has 1 aromatic carbocycles. The van der Waals surface area contributed by atoms with Gasteiger partial charge < -0.3 is 5.11 Å². The van der Waals surface area contributed by atoms with Crippen LogP contribution in [0.15, 0.2) is 24.3 Å². The Hall–Kier alpha value is -1.07. The van der Waals surface area contributed by atoms with E-state index in [9.17, 15) is 5.11 Å². The SMILES string of the molecule is C[C@@]1(O)CC[C@H]2c3ccccc3CC[C@H]21.[C-]#[O+].[C-]#[O+].[C-]#[O+].[Cr]. The van der Waals surface area contributed by atoms with Crippen LogP contribution < -0.4 is 0 Å². The first-order valence-electron chi connectivity index (χ1n) is 6.60. The van der Waals surface area contributed by atoms with Crippen LogP contribution in [0.5, 0.6) is 0 Å². The van der Waals surface area contributed by atoms with Gasteiger partial charge in [0.15, 0.2) is 0 Å². The zero-order valence-electron chi connectivity index (χ0n) is 12.4. The van der Waals surface area contributed by atoms with Gasteiger partial charge in [0.2, 0.25) is 0 Å². The molecule has 1 fully saturated rings. The third kappa shape index (κ3) is 4.99. The fourth-order valence-corrected chi connectivity index (χ4v) is 3.59. The van der Waals surface area contributed by atoms with Gasteiger partial charge in [0.25, 0.3) is 0 Å². The summed E-state index contributed by atoms with van der Waals surface area (Å²) in [5, 5.41) is 10.3. The van der Waals surface area contributed by atoms with E-state index in [1.54, 1.807) is 0 Å². The summed E-state index contributed by atoms with van der Waals surface area (Å²) in [4.78, 5) is 0. The molecule has 22 heavy (non-hydrogen) atoms. The Morgan fingerprint density at radius 3 is 2.18 bits per heavy atom. The molecule has 0 spiro atoms. The van der Waals surface area contributed by atoms with E-state index in [1.807, 2.05) is 6.92 Å². The van der Waals surface area contributed by atoms with Crippen LogP contribution in [0, 0.1) is 25.9 Å². The molecular formula is C17H18CrO4. The summed E-state index contributed by atoms with van der Waals surface area (Å²) in [6.45, 7) is 15.5. The fraction of sp³-hybridized carbons (Fsp3) is 0.471. The molecule has 1 aromatic rings. The van der Waals surface area contributed by atoms with Gasteiger partial charge in [0.1, 0.15) is 0 Å². The number of hydrogen-bond acceptors (Lipinski definition) is 1. The Morgan fingerprint density at radius 1 is 1.05 bits per heavy atom. The molecule has 2 aliphatic carbocycles. The first-order chi connectivity index (χ1) is 10.2. The molecular weight excluding hydrogens is 320 g/mol. The second-order valence-corrected chi connectivity index (χ2v) is 5.35. The maximum absolute atomic E-state index is 10.3. The van der Waals surface area contributed by atoms with Gasteiger partial charge in [-0.05, 0) is 55.6 Å². The van der Waals surface area contributed by atoms with Crippen LogP contribution in [-0.4, -0.2) is 10.7 Å². The van der Waals surface area contributed by atoms with Crippen LogP contribution in [0.25, 0.3) is 0 Å². The predicted octanol–water partition coefficient (Wildman–Crippen LogP) is 2.76. The summed E-state index contributed by atoms with van der Waals surface area (Å²) < 4.78 is 22.5. The second-order valence-electron chi connectivity index (χ2n) is 5.35. The smallest absolute Gasteiger partial charge is 0 e. The minimum atomic E-state index is -0.418. The zero-order chi connectivity index (χ0) is 16.5. The topological polar surface area (TPSA) is 79.9 Å². The van der Waals surface area contributed by atoms with Crippen LogP contribution >= 0.6 is 0 Å². The molecule has 3 atom stereocenters. The average molecular weight is 338 g/mol. The standard InChI is InChI=1S/C14H18O.3CO.Cr/c1-14(15)9-8-12-11-5-3-2-4-10(11)6-7-13(12)14;3*1-2;/h2-5,12-13,15H,6-9H2,1H3;;;;/t12-,13+,14+;;;;/m0..../s1. The van der Waals surface area contributed by atoms with E-state index in [0.29, 0.717) is 11.8 Å². The summed E-state index contributed by atoms with van der Waals surface area (Å²) in [6, 6.07) is 8.77. The Labute approximate surface area is 142 Å².